The van der Waals surface area contributed by atoms with Crippen LogP contribution in [0.3, 0.4) is 0 Å². The Morgan fingerprint density at radius 1 is 1.28 bits per heavy atom. The molecule has 0 fully saturated rings. The van der Waals surface area contributed by atoms with E-state index in [9.17, 15) is 0 Å². The van der Waals surface area contributed by atoms with Crippen molar-refractivity contribution in [2.45, 2.75) is 13.5 Å². The second-order valence-corrected chi connectivity index (χ2v) is 4.14. The number of pyridine rings is 1. The molecule has 0 amide bonds. The summed E-state index contributed by atoms with van der Waals surface area (Å²) in [5, 5.41) is 3.35. The summed E-state index contributed by atoms with van der Waals surface area (Å²) in [6.45, 7) is 2.76. The zero-order valence-electron chi connectivity index (χ0n) is 10.6. The van der Waals surface area contributed by atoms with E-state index in [1.54, 1.807) is 13.3 Å². The Balaban J connectivity index is 2.04. The maximum Gasteiger partial charge on any atom is 0.212 e. The molecule has 1 heterocycles. The second-order valence-electron chi connectivity index (χ2n) is 4.14. The van der Waals surface area contributed by atoms with Gasteiger partial charge < -0.3 is 15.8 Å². The molecule has 0 aliphatic carbocycles. The van der Waals surface area contributed by atoms with Crippen molar-refractivity contribution in [2.75, 3.05) is 18.2 Å². The third-order valence-corrected chi connectivity index (χ3v) is 2.75. The molecule has 18 heavy (non-hydrogen) atoms. The fourth-order valence-corrected chi connectivity index (χ4v) is 1.66. The number of aromatic nitrogens is 1. The average molecular weight is 243 g/mol. The van der Waals surface area contributed by atoms with Gasteiger partial charge in [-0.3, -0.25) is 0 Å². The van der Waals surface area contributed by atoms with Crippen LogP contribution in [0.2, 0.25) is 0 Å². The third kappa shape index (κ3) is 2.91. The number of benzene rings is 1. The van der Waals surface area contributed by atoms with E-state index in [0.717, 1.165) is 16.9 Å². The van der Waals surface area contributed by atoms with Crippen molar-refractivity contribution in [1.82, 2.24) is 4.98 Å². The maximum absolute atomic E-state index is 5.77. The van der Waals surface area contributed by atoms with Gasteiger partial charge in [0.1, 0.15) is 0 Å². The quantitative estimate of drug-likeness (QED) is 0.810. The molecule has 0 atom stereocenters. The smallest absolute Gasteiger partial charge is 0.212 e. The lowest BCUT2D eigenvalue weighted by Gasteiger charge is -2.10. The van der Waals surface area contributed by atoms with Gasteiger partial charge in [-0.1, -0.05) is 12.1 Å². The molecular formula is C14H17N3O. The first kappa shape index (κ1) is 12.2. The summed E-state index contributed by atoms with van der Waals surface area (Å²) >= 11 is 0. The summed E-state index contributed by atoms with van der Waals surface area (Å²) in [7, 11) is 1.61. The van der Waals surface area contributed by atoms with Crippen LogP contribution >= 0.6 is 0 Å². The van der Waals surface area contributed by atoms with Crippen LogP contribution in [-0.2, 0) is 6.54 Å². The van der Waals surface area contributed by atoms with Crippen molar-refractivity contribution in [3.8, 4) is 5.88 Å². The summed E-state index contributed by atoms with van der Waals surface area (Å²) in [6.07, 6.45) is 1.80. The third-order valence-electron chi connectivity index (χ3n) is 2.75. The summed E-state index contributed by atoms with van der Waals surface area (Å²) in [4.78, 5) is 4.16. The largest absolute Gasteiger partial charge is 0.481 e. The second kappa shape index (κ2) is 5.40. The topological polar surface area (TPSA) is 60.2 Å². The Kier molecular flexibility index (Phi) is 3.67. The molecule has 0 aliphatic rings. The number of hydrogen-bond donors (Lipinski definition) is 2. The number of nitrogens with one attached hydrogen (secondary N) is 1. The van der Waals surface area contributed by atoms with E-state index in [1.165, 1.54) is 5.56 Å². The van der Waals surface area contributed by atoms with Gasteiger partial charge in [0.15, 0.2) is 0 Å². The van der Waals surface area contributed by atoms with E-state index in [2.05, 4.69) is 10.3 Å². The van der Waals surface area contributed by atoms with E-state index in [4.69, 9.17) is 10.5 Å². The van der Waals surface area contributed by atoms with E-state index >= 15 is 0 Å². The summed E-state index contributed by atoms with van der Waals surface area (Å²) in [5.74, 6) is 0.624. The van der Waals surface area contributed by atoms with Gasteiger partial charge in [-0.25, -0.2) is 4.98 Å². The average Bonchev–Trinajstić information content (AvgIpc) is 2.40. The van der Waals surface area contributed by atoms with Gasteiger partial charge in [0, 0.05) is 30.2 Å². The SMILES string of the molecule is COc1ccc(CNc2cc(N)ccc2C)cn1. The van der Waals surface area contributed by atoms with Gasteiger partial charge in [0.25, 0.3) is 0 Å². The Morgan fingerprint density at radius 2 is 2.11 bits per heavy atom. The molecule has 0 radical (unpaired) electrons. The van der Waals surface area contributed by atoms with E-state index < -0.39 is 0 Å². The minimum atomic E-state index is 0.624. The number of nitrogens with two attached hydrogens (primary N) is 1. The number of methoxy groups -OCH3 is 1. The molecule has 94 valence electrons. The summed E-state index contributed by atoms with van der Waals surface area (Å²) < 4.78 is 5.02. The molecule has 0 aliphatic heterocycles. The monoisotopic (exact) mass is 243 g/mol. The normalized spacial score (nSPS) is 10.1. The van der Waals surface area contributed by atoms with Crippen LogP contribution in [0.15, 0.2) is 36.5 Å². The van der Waals surface area contributed by atoms with Gasteiger partial charge in [0.05, 0.1) is 7.11 Å². The molecule has 0 spiro atoms. The number of hydrogen-bond acceptors (Lipinski definition) is 4. The van der Waals surface area contributed by atoms with E-state index in [-0.39, 0.29) is 0 Å². The number of anilines is 2. The van der Waals surface area contributed by atoms with Crippen molar-refractivity contribution < 1.29 is 4.74 Å². The van der Waals surface area contributed by atoms with Gasteiger partial charge in [-0.2, -0.15) is 0 Å². The Morgan fingerprint density at radius 3 is 2.78 bits per heavy atom. The van der Waals surface area contributed by atoms with Crippen molar-refractivity contribution in [2.24, 2.45) is 0 Å². The number of nitrogen functional groups attached to an aromatic ring is 1. The van der Waals surface area contributed by atoms with Crippen molar-refractivity contribution in [3.63, 3.8) is 0 Å². The minimum Gasteiger partial charge on any atom is -0.481 e. The Hall–Kier alpha value is -2.23. The standard InChI is InChI=1S/C14H17N3O/c1-10-3-5-12(15)7-13(10)16-8-11-4-6-14(18-2)17-9-11/h3-7,9,16H,8,15H2,1-2H3. The number of ether oxygens (including phenoxy) is 1. The first-order chi connectivity index (χ1) is 8.69. The molecule has 3 N–H and O–H groups in total. The first-order valence-electron chi connectivity index (χ1n) is 5.78. The van der Waals surface area contributed by atoms with Crippen LogP contribution in [0.1, 0.15) is 11.1 Å². The molecular weight excluding hydrogens is 226 g/mol. The van der Waals surface area contributed by atoms with Crippen molar-refractivity contribution in [1.29, 1.82) is 0 Å². The minimum absolute atomic E-state index is 0.624. The Labute approximate surface area is 107 Å². The zero-order chi connectivity index (χ0) is 13.0. The van der Waals surface area contributed by atoms with Gasteiger partial charge >= 0.3 is 0 Å². The van der Waals surface area contributed by atoms with Gasteiger partial charge in [0.2, 0.25) is 5.88 Å². The highest BCUT2D eigenvalue weighted by Gasteiger charge is 2.00. The highest BCUT2D eigenvalue weighted by molar-refractivity contribution is 5.59. The molecule has 2 rings (SSSR count). The molecule has 1 aromatic heterocycles. The van der Waals surface area contributed by atoms with Crippen molar-refractivity contribution in [3.05, 3.63) is 47.7 Å². The lowest BCUT2D eigenvalue weighted by Crippen LogP contribution is -2.02. The molecule has 0 saturated heterocycles. The fourth-order valence-electron chi connectivity index (χ4n) is 1.66. The van der Waals surface area contributed by atoms with Crippen LogP contribution in [-0.4, -0.2) is 12.1 Å². The molecule has 4 nitrogen and oxygen atoms in total. The molecule has 0 saturated carbocycles. The van der Waals surface area contributed by atoms with Crippen LogP contribution in [0.25, 0.3) is 0 Å². The lowest BCUT2D eigenvalue weighted by molar-refractivity contribution is 0.397. The van der Waals surface area contributed by atoms with Crippen molar-refractivity contribution >= 4 is 11.4 Å². The highest BCUT2D eigenvalue weighted by atomic mass is 16.5. The summed E-state index contributed by atoms with van der Waals surface area (Å²) in [5.41, 5.74) is 9.84. The predicted octanol–water partition coefficient (Wildman–Crippen LogP) is 2.59. The van der Waals surface area contributed by atoms with Gasteiger partial charge in [-0.15, -0.1) is 0 Å². The predicted molar refractivity (Wildman–Crippen MR) is 73.7 cm³/mol. The van der Waals surface area contributed by atoms with Crippen LogP contribution in [0.5, 0.6) is 5.88 Å². The maximum atomic E-state index is 5.77. The Bertz CT molecular complexity index is 523. The zero-order valence-corrected chi connectivity index (χ0v) is 10.6. The van der Waals surface area contributed by atoms with Gasteiger partial charge in [-0.05, 0) is 30.2 Å². The molecule has 4 heteroatoms. The summed E-state index contributed by atoms with van der Waals surface area (Å²) in [6, 6.07) is 9.68. The van der Waals surface area contributed by atoms with E-state index in [1.807, 2.05) is 37.3 Å². The molecule has 1 aromatic carbocycles. The van der Waals surface area contributed by atoms with Crippen LogP contribution < -0.4 is 15.8 Å². The first-order valence-corrected chi connectivity index (χ1v) is 5.78. The highest BCUT2D eigenvalue weighted by Crippen LogP contribution is 2.19. The van der Waals surface area contributed by atoms with Crippen LogP contribution in [0.4, 0.5) is 11.4 Å². The van der Waals surface area contributed by atoms with Crippen LogP contribution in [0, 0.1) is 6.92 Å². The fraction of sp³-hybridized carbons (Fsp3) is 0.214. The molecule has 0 bridgehead atoms. The number of rotatable bonds is 4. The molecule has 0 unspecified atom stereocenters. The number of aryl methyl sites for hydroxylation is 1. The van der Waals surface area contributed by atoms with E-state index in [0.29, 0.717) is 12.4 Å². The number of nitrogens with zero attached hydrogens (tertiary/aromatic N) is 1. The molecule has 2 aromatic rings. The lowest BCUT2D eigenvalue weighted by atomic mass is 10.1.